The Morgan fingerprint density at radius 3 is 2.92 bits per heavy atom. The lowest BCUT2D eigenvalue weighted by molar-refractivity contribution is 0.462. The third kappa shape index (κ3) is 2.94. The maximum absolute atomic E-state index is 9.38. The Morgan fingerprint density at radius 2 is 2.31 bits per heavy atom. The van der Waals surface area contributed by atoms with Gasteiger partial charge in [-0.2, -0.15) is 5.26 Å². The Hall–Kier alpha value is -0.670. The molecule has 0 fully saturated rings. The summed E-state index contributed by atoms with van der Waals surface area (Å²) in [5.74, 6) is 0.154. The van der Waals surface area contributed by atoms with Gasteiger partial charge in [0.15, 0.2) is 6.19 Å². The van der Waals surface area contributed by atoms with Crippen molar-refractivity contribution in [1.82, 2.24) is 3.11 Å². The van der Waals surface area contributed by atoms with Gasteiger partial charge in [0.25, 0.3) is 0 Å². The summed E-state index contributed by atoms with van der Waals surface area (Å²) in [5, 5.41) is 18.4. The second-order valence-electron chi connectivity index (χ2n) is 2.39. The molecule has 0 saturated heterocycles. The molecular weight excluding hydrogens is 302 g/mol. The zero-order valence-corrected chi connectivity index (χ0v) is 9.45. The number of phenolic OH excluding ortho intramolecular Hbond substituents is 1. The molecule has 0 aliphatic rings. The first-order valence-electron chi connectivity index (χ1n) is 3.44. The van der Waals surface area contributed by atoms with Gasteiger partial charge < -0.3 is 5.11 Å². The minimum atomic E-state index is 0.154. The maximum atomic E-state index is 9.38. The quantitative estimate of drug-likeness (QED) is 0.395. The van der Waals surface area contributed by atoms with Crippen molar-refractivity contribution < 1.29 is 5.11 Å². The summed E-state index contributed by atoms with van der Waals surface area (Å²) in [7, 11) is 0. The first-order chi connectivity index (χ1) is 6.13. The molecule has 0 radical (unpaired) electrons. The largest absolute Gasteiger partial charge is 0.508 e. The van der Waals surface area contributed by atoms with E-state index in [-0.39, 0.29) is 5.75 Å². The van der Waals surface area contributed by atoms with Crippen molar-refractivity contribution in [3.63, 3.8) is 0 Å². The van der Waals surface area contributed by atoms with Gasteiger partial charge in [-0.15, -0.1) is 0 Å². The highest BCUT2D eigenvalue weighted by Crippen LogP contribution is 2.23. The molecule has 68 valence electrons. The second-order valence-corrected chi connectivity index (χ2v) is 3.99. The summed E-state index contributed by atoms with van der Waals surface area (Å²) in [6.45, 7) is 0.351. The van der Waals surface area contributed by atoms with E-state index >= 15 is 0 Å². The highest BCUT2D eigenvalue weighted by Gasteiger charge is 2.05. The van der Waals surface area contributed by atoms with Crippen molar-refractivity contribution in [2.24, 2.45) is 0 Å². The summed E-state index contributed by atoms with van der Waals surface area (Å²) < 4.78 is 1.38. The monoisotopic (exact) mass is 308 g/mol. The van der Waals surface area contributed by atoms with Crippen LogP contribution in [0.3, 0.4) is 0 Å². The molecule has 1 rings (SSSR count). The van der Waals surface area contributed by atoms with Crippen LogP contribution in [-0.2, 0) is 6.54 Å². The number of hydrogen-bond donors (Lipinski definition) is 1. The number of aromatic hydroxyl groups is 1. The van der Waals surface area contributed by atoms with E-state index in [1.165, 1.54) is 9.18 Å². The van der Waals surface area contributed by atoms with Gasteiger partial charge in [-0.25, -0.2) is 3.11 Å². The van der Waals surface area contributed by atoms with Gasteiger partial charge in [-0.3, -0.25) is 0 Å². The Kier molecular flexibility index (Phi) is 3.63. The Labute approximate surface area is 95.0 Å². The smallest absolute Gasteiger partial charge is 0.189 e. The van der Waals surface area contributed by atoms with Gasteiger partial charge >= 0.3 is 0 Å². The van der Waals surface area contributed by atoms with E-state index in [0.717, 1.165) is 0 Å². The predicted molar refractivity (Wildman–Crippen MR) is 58.3 cm³/mol. The Bertz CT molecular complexity index is 350. The molecule has 0 aliphatic heterocycles. The number of nitriles is 1. The van der Waals surface area contributed by atoms with Gasteiger partial charge in [0.2, 0.25) is 0 Å². The minimum absolute atomic E-state index is 0.154. The highest BCUT2D eigenvalue weighted by molar-refractivity contribution is 14.1. The van der Waals surface area contributed by atoms with Crippen molar-refractivity contribution in [3.05, 3.63) is 28.8 Å². The molecule has 13 heavy (non-hydrogen) atoms. The third-order valence-electron chi connectivity index (χ3n) is 1.46. The van der Waals surface area contributed by atoms with Crippen LogP contribution in [0, 0.1) is 11.5 Å². The van der Waals surface area contributed by atoms with Gasteiger partial charge in [0, 0.05) is 10.6 Å². The van der Waals surface area contributed by atoms with Crippen LogP contribution in [0.4, 0.5) is 0 Å². The third-order valence-corrected chi connectivity index (χ3v) is 2.25. The fraction of sp³-hybridized carbons (Fsp3) is 0.125. The lowest BCUT2D eigenvalue weighted by atomic mass is 10.2. The number of benzene rings is 1. The number of halogens is 2. The molecule has 0 spiro atoms. The van der Waals surface area contributed by atoms with Gasteiger partial charge in [-0.05, 0) is 18.2 Å². The maximum Gasteiger partial charge on any atom is 0.189 e. The summed E-state index contributed by atoms with van der Waals surface area (Å²) in [6.07, 6.45) is 1.93. The molecule has 3 nitrogen and oxygen atoms in total. The van der Waals surface area contributed by atoms with Crippen LogP contribution >= 0.6 is 34.5 Å². The van der Waals surface area contributed by atoms with E-state index in [1.807, 2.05) is 29.1 Å². The van der Waals surface area contributed by atoms with Crippen LogP contribution in [-0.4, -0.2) is 8.22 Å². The van der Waals surface area contributed by atoms with Crippen LogP contribution in [0.15, 0.2) is 18.2 Å². The number of nitrogens with zero attached hydrogens (tertiary/aromatic N) is 2. The lowest BCUT2D eigenvalue weighted by Crippen LogP contribution is -2.02. The van der Waals surface area contributed by atoms with E-state index in [0.29, 0.717) is 17.1 Å². The van der Waals surface area contributed by atoms with Crippen LogP contribution < -0.4 is 0 Å². The molecule has 0 amide bonds. The van der Waals surface area contributed by atoms with E-state index in [9.17, 15) is 5.11 Å². The van der Waals surface area contributed by atoms with Crippen molar-refractivity contribution in [3.8, 4) is 11.9 Å². The standard InChI is InChI=1S/C8H6ClIN2O/c9-7-1-2-8(13)6(3-7)4-12(10)5-11/h1-3,13H,4H2. The van der Waals surface area contributed by atoms with Crippen LogP contribution in [0.5, 0.6) is 5.75 Å². The molecule has 1 aromatic carbocycles. The van der Waals surface area contributed by atoms with E-state index in [2.05, 4.69) is 0 Å². The predicted octanol–water partition coefficient (Wildman–Crippen LogP) is 2.68. The molecular formula is C8H6ClIN2O. The molecule has 0 unspecified atom stereocenters. The van der Waals surface area contributed by atoms with E-state index in [1.54, 1.807) is 12.1 Å². The van der Waals surface area contributed by atoms with E-state index in [4.69, 9.17) is 16.9 Å². The fourth-order valence-corrected chi connectivity index (χ4v) is 1.43. The molecule has 0 saturated carbocycles. The average Bonchev–Trinajstić information content (AvgIpc) is 2.11. The Morgan fingerprint density at radius 1 is 1.62 bits per heavy atom. The zero-order valence-electron chi connectivity index (χ0n) is 6.54. The van der Waals surface area contributed by atoms with Crippen molar-refractivity contribution in [2.75, 3.05) is 0 Å². The number of rotatable bonds is 2. The topological polar surface area (TPSA) is 47.3 Å². The number of hydrogen-bond acceptors (Lipinski definition) is 3. The van der Waals surface area contributed by atoms with E-state index < -0.39 is 0 Å². The molecule has 1 aromatic rings. The zero-order chi connectivity index (χ0) is 9.84. The number of phenols is 1. The van der Waals surface area contributed by atoms with Gasteiger partial charge in [-0.1, -0.05) is 11.6 Å². The Balaban J connectivity index is 2.88. The molecule has 0 atom stereocenters. The summed E-state index contributed by atoms with van der Waals surface area (Å²) in [6, 6.07) is 4.75. The first kappa shape index (κ1) is 10.4. The van der Waals surface area contributed by atoms with Crippen LogP contribution in [0.1, 0.15) is 5.56 Å². The van der Waals surface area contributed by atoms with Crippen molar-refractivity contribution >= 4 is 34.5 Å². The van der Waals surface area contributed by atoms with Crippen molar-refractivity contribution in [2.45, 2.75) is 6.54 Å². The van der Waals surface area contributed by atoms with Crippen LogP contribution in [0.25, 0.3) is 0 Å². The summed E-state index contributed by atoms with van der Waals surface area (Å²) in [4.78, 5) is 0. The second kappa shape index (κ2) is 4.53. The SMILES string of the molecule is N#CN(I)Cc1cc(Cl)ccc1O. The summed E-state index contributed by atoms with van der Waals surface area (Å²) >= 11 is 7.58. The van der Waals surface area contributed by atoms with Crippen LogP contribution in [0.2, 0.25) is 5.02 Å². The fourth-order valence-electron chi connectivity index (χ4n) is 0.866. The van der Waals surface area contributed by atoms with Gasteiger partial charge in [0.05, 0.1) is 29.4 Å². The van der Waals surface area contributed by atoms with Gasteiger partial charge in [0.1, 0.15) is 5.75 Å². The lowest BCUT2D eigenvalue weighted by Gasteiger charge is -2.08. The molecule has 0 aromatic heterocycles. The molecule has 0 heterocycles. The molecule has 0 aliphatic carbocycles. The first-order valence-corrected chi connectivity index (χ1v) is 4.78. The summed E-state index contributed by atoms with van der Waals surface area (Å²) in [5.41, 5.74) is 0.642. The molecule has 5 heteroatoms. The minimum Gasteiger partial charge on any atom is -0.508 e. The highest BCUT2D eigenvalue weighted by atomic mass is 127. The average molecular weight is 309 g/mol. The normalized spacial score (nSPS) is 9.31. The molecule has 1 N–H and O–H groups in total. The van der Waals surface area contributed by atoms with Crippen molar-refractivity contribution in [1.29, 1.82) is 5.26 Å². The molecule has 0 bridgehead atoms.